The van der Waals surface area contributed by atoms with E-state index < -0.39 is 12.1 Å². The lowest BCUT2D eigenvalue weighted by molar-refractivity contribution is 0.251. The zero-order valence-corrected chi connectivity index (χ0v) is 20.7. The van der Waals surface area contributed by atoms with Crippen molar-refractivity contribution in [3.8, 4) is 11.1 Å². The first-order valence-corrected chi connectivity index (χ1v) is 11.8. The van der Waals surface area contributed by atoms with Crippen LogP contribution in [0.5, 0.6) is 0 Å². The van der Waals surface area contributed by atoms with Crippen LogP contribution in [0, 0.1) is 0 Å². The number of rotatable bonds is 5. The van der Waals surface area contributed by atoms with Crippen molar-refractivity contribution in [1.82, 2.24) is 10.7 Å². The SMILES string of the molecule is O=C(Nc1ccc(Cl)c(Cl)c1)NC(C1=NNCC1)c1cc(-c2ccc(Cl)cc2)c(Cl)cc1Cl. The summed E-state index contributed by atoms with van der Waals surface area (Å²) in [5.74, 6) is 0. The second-order valence-corrected chi connectivity index (χ2v) is 9.35. The van der Waals surface area contributed by atoms with Crippen LogP contribution in [0.15, 0.2) is 59.7 Å². The molecule has 1 unspecified atom stereocenters. The molecule has 5 nitrogen and oxygen atoms in total. The summed E-state index contributed by atoms with van der Waals surface area (Å²) < 4.78 is 0. The molecule has 1 atom stereocenters. The highest BCUT2D eigenvalue weighted by Gasteiger charge is 2.26. The van der Waals surface area contributed by atoms with Crippen molar-refractivity contribution >= 4 is 75.4 Å². The highest BCUT2D eigenvalue weighted by Crippen LogP contribution is 2.37. The number of carbonyl (C=O) groups excluding carboxylic acids is 1. The molecule has 3 aromatic carbocycles. The summed E-state index contributed by atoms with van der Waals surface area (Å²) in [4.78, 5) is 12.9. The van der Waals surface area contributed by atoms with Gasteiger partial charge in [0.25, 0.3) is 0 Å². The van der Waals surface area contributed by atoms with Crippen LogP contribution in [0.3, 0.4) is 0 Å². The maximum atomic E-state index is 12.9. The summed E-state index contributed by atoms with van der Waals surface area (Å²) in [5, 5.41) is 12.3. The lowest BCUT2D eigenvalue weighted by Crippen LogP contribution is -2.36. The minimum atomic E-state index is -0.585. The number of hydrogen-bond acceptors (Lipinski definition) is 3. The Bertz CT molecular complexity index is 1230. The van der Waals surface area contributed by atoms with E-state index in [1.165, 1.54) is 0 Å². The normalized spacial score (nSPS) is 13.8. The maximum Gasteiger partial charge on any atom is 0.320 e. The van der Waals surface area contributed by atoms with Gasteiger partial charge in [0.1, 0.15) is 0 Å². The molecule has 0 aliphatic carbocycles. The molecule has 1 aliphatic rings. The molecule has 0 fully saturated rings. The van der Waals surface area contributed by atoms with Gasteiger partial charge >= 0.3 is 6.03 Å². The summed E-state index contributed by atoms with van der Waals surface area (Å²) in [5.41, 5.74) is 6.47. The van der Waals surface area contributed by atoms with E-state index in [0.29, 0.717) is 49.3 Å². The Morgan fingerprint density at radius 1 is 0.879 bits per heavy atom. The Morgan fingerprint density at radius 2 is 1.64 bits per heavy atom. The van der Waals surface area contributed by atoms with E-state index >= 15 is 0 Å². The number of anilines is 1. The summed E-state index contributed by atoms with van der Waals surface area (Å²) in [7, 11) is 0. The third-order valence-electron chi connectivity index (χ3n) is 5.05. The number of hydrazone groups is 1. The van der Waals surface area contributed by atoms with Crippen molar-refractivity contribution in [3.63, 3.8) is 0 Å². The molecule has 3 N–H and O–H groups in total. The largest absolute Gasteiger partial charge is 0.326 e. The van der Waals surface area contributed by atoms with Crippen molar-refractivity contribution in [1.29, 1.82) is 0 Å². The molecule has 2 amide bonds. The molecule has 3 aromatic rings. The van der Waals surface area contributed by atoms with Crippen molar-refractivity contribution < 1.29 is 4.79 Å². The van der Waals surface area contributed by atoms with Gasteiger partial charge in [-0.05, 0) is 53.6 Å². The van der Waals surface area contributed by atoms with Gasteiger partial charge in [-0.25, -0.2) is 4.79 Å². The summed E-state index contributed by atoms with van der Waals surface area (Å²) in [6.07, 6.45) is 0.646. The molecule has 1 aliphatic heterocycles. The van der Waals surface area contributed by atoms with Gasteiger partial charge in [0.15, 0.2) is 0 Å². The number of carbonyl (C=O) groups is 1. The molecule has 0 spiro atoms. The molecule has 0 bridgehead atoms. The van der Waals surface area contributed by atoms with Crippen LogP contribution >= 0.6 is 58.0 Å². The molecule has 0 saturated heterocycles. The molecule has 0 aromatic heterocycles. The zero-order chi connectivity index (χ0) is 23.5. The Hall–Kier alpha value is -2.15. The van der Waals surface area contributed by atoms with Crippen molar-refractivity contribution in [3.05, 3.63) is 85.3 Å². The Labute approximate surface area is 216 Å². The lowest BCUT2D eigenvalue weighted by Gasteiger charge is -2.22. The average Bonchev–Trinajstić information content (AvgIpc) is 3.31. The number of nitrogens with one attached hydrogen (secondary N) is 3. The number of amides is 2. The highest BCUT2D eigenvalue weighted by atomic mass is 35.5. The van der Waals surface area contributed by atoms with E-state index in [1.807, 2.05) is 18.2 Å². The molecule has 4 rings (SSSR count). The summed E-state index contributed by atoms with van der Waals surface area (Å²) >= 11 is 31.1. The third kappa shape index (κ3) is 5.68. The summed E-state index contributed by atoms with van der Waals surface area (Å²) in [6.45, 7) is 0.664. The molecule has 1 heterocycles. The maximum absolute atomic E-state index is 12.9. The standard InChI is InChI=1S/C23H17Cl5N4O/c24-13-3-1-12(2-4-13)15-10-16(19(27)11-18(15)26)22(21-7-8-29-32-21)31-23(33)30-14-5-6-17(25)20(28)9-14/h1-6,9-11,22,29H,7-8H2,(H2,30,31,33). The molecule has 33 heavy (non-hydrogen) atoms. The van der Waals surface area contributed by atoms with E-state index in [9.17, 15) is 4.79 Å². The first kappa shape index (κ1) is 24.0. The van der Waals surface area contributed by atoms with E-state index in [0.717, 1.165) is 16.8 Å². The molecule has 170 valence electrons. The van der Waals surface area contributed by atoms with Gasteiger partial charge in [-0.1, -0.05) is 70.1 Å². The van der Waals surface area contributed by atoms with E-state index in [2.05, 4.69) is 21.2 Å². The first-order valence-electron chi connectivity index (χ1n) is 9.88. The minimum absolute atomic E-state index is 0.337. The summed E-state index contributed by atoms with van der Waals surface area (Å²) in [6, 6.07) is 14.6. The smallest absolute Gasteiger partial charge is 0.320 e. The van der Waals surface area contributed by atoms with Gasteiger partial charge in [0, 0.05) is 39.3 Å². The van der Waals surface area contributed by atoms with Crippen LogP contribution in [0.25, 0.3) is 11.1 Å². The molecule has 0 saturated carbocycles. The Morgan fingerprint density at radius 3 is 2.30 bits per heavy atom. The second kappa shape index (κ2) is 10.4. The van der Waals surface area contributed by atoms with Crippen LogP contribution < -0.4 is 16.1 Å². The number of benzene rings is 3. The van der Waals surface area contributed by atoms with Crippen LogP contribution in [-0.4, -0.2) is 18.3 Å². The minimum Gasteiger partial charge on any atom is -0.326 e. The predicted molar refractivity (Wildman–Crippen MR) is 138 cm³/mol. The van der Waals surface area contributed by atoms with Crippen LogP contribution in [0.2, 0.25) is 25.1 Å². The predicted octanol–water partition coefficient (Wildman–Crippen LogP) is 7.83. The number of nitrogens with zero attached hydrogens (tertiary/aromatic N) is 1. The van der Waals surface area contributed by atoms with Crippen LogP contribution in [-0.2, 0) is 0 Å². The monoisotopic (exact) mass is 540 g/mol. The number of urea groups is 1. The van der Waals surface area contributed by atoms with Gasteiger partial charge < -0.3 is 16.1 Å². The molecule has 0 radical (unpaired) electrons. The quantitative estimate of drug-likeness (QED) is 0.308. The molecule has 10 heteroatoms. The van der Waals surface area contributed by atoms with E-state index in [1.54, 1.807) is 36.4 Å². The second-order valence-electron chi connectivity index (χ2n) is 7.28. The topological polar surface area (TPSA) is 65.5 Å². The van der Waals surface area contributed by atoms with Gasteiger partial charge in [0.05, 0.1) is 21.8 Å². The fourth-order valence-corrected chi connectivity index (χ4v) is 4.48. The van der Waals surface area contributed by atoms with Crippen molar-refractivity contribution in [2.75, 3.05) is 11.9 Å². The van der Waals surface area contributed by atoms with Gasteiger partial charge in [-0.2, -0.15) is 5.10 Å². The van der Waals surface area contributed by atoms with Crippen LogP contribution in [0.4, 0.5) is 10.5 Å². The first-order chi connectivity index (χ1) is 15.8. The number of halogens is 5. The Kier molecular flexibility index (Phi) is 7.57. The molecular formula is C23H17Cl5N4O. The molecular weight excluding hydrogens is 526 g/mol. The lowest BCUT2D eigenvalue weighted by atomic mass is 9.95. The van der Waals surface area contributed by atoms with E-state index in [-0.39, 0.29) is 0 Å². The van der Waals surface area contributed by atoms with Crippen molar-refractivity contribution in [2.24, 2.45) is 5.10 Å². The van der Waals surface area contributed by atoms with Crippen LogP contribution in [0.1, 0.15) is 18.0 Å². The van der Waals surface area contributed by atoms with Gasteiger partial charge in [-0.3, -0.25) is 0 Å². The van der Waals surface area contributed by atoms with E-state index in [4.69, 9.17) is 58.0 Å². The van der Waals surface area contributed by atoms with Gasteiger partial charge in [-0.15, -0.1) is 0 Å². The average molecular weight is 543 g/mol. The van der Waals surface area contributed by atoms with Crippen molar-refractivity contribution in [2.45, 2.75) is 12.5 Å². The Balaban J connectivity index is 1.67. The zero-order valence-electron chi connectivity index (χ0n) is 16.9. The number of hydrogen-bond donors (Lipinski definition) is 3. The fraction of sp³-hybridized carbons (Fsp3) is 0.130. The fourth-order valence-electron chi connectivity index (χ4n) is 3.46. The van der Waals surface area contributed by atoms with Gasteiger partial charge in [0.2, 0.25) is 0 Å². The third-order valence-corrected chi connectivity index (χ3v) is 6.69. The highest BCUT2D eigenvalue weighted by molar-refractivity contribution is 6.42.